The van der Waals surface area contributed by atoms with Crippen LogP contribution in [0.4, 0.5) is 18.9 Å². The third-order valence-corrected chi connectivity index (χ3v) is 4.76. The molecule has 29 heavy (non-hydrogen) atoms. The van der Waals surface area contributed by atoms with E-state index in [4.69, 9.17) is 32.5 Å². The van der Waals surface area contributed by atoms with E-state index >= 15 is 0 Å². The lowest BCUT2D eigenvalue weighted by molar-refractivity contribution is -0.137. The van der Waals surface area contributed by atoms with Gasteiger partial charge in [-0.05, 0) is 37.3 Å². The first-order valence-electron chi connectivity index (χ1n) is 8.17. The number of nitrogens with one attached hydrogen (secondary N) is 1. The molecule has 152 valence electrons. The second-order valence-corrected chi connectivity index (χ2v) is 6.72. The van der Waals surface area contributed by atoms with E-state index in [9.17, 15) is 18.0 Å². The zero-order valence-electron chi connectivity index (χ0n) is 14.8. The molecule has 1 heterocycles. The van der Waals surface area contributed by atoms with Crippen molar-refractivity contribution in [3.05, 3.63) is 75.1 Å². The summed E-state index contributed by atoms with van der Waals surface area (Å²) in [6.07, 6.45) is -4.49. The number of aromatic nitrogens is 1. The van der Waals surface area contributed by atoms with Gasteiger partial charge in [-0.2, -0.15) is 13.2 Å². The Morgan fingerprint density at radius 2 is 1.93 bits per heavy atom. The van der Waals surface area contributed by atoms with E-state index in [1.54, 1.807) is 25.1 Å². The van der Waals surface area contributed by atoms with Gasteiger partial charge in [-0.15, -0.1) is 0 Å². The Balaban J connectivity index is 1.78. The van der Waals surface area contributed by atoms with Gasteiger partial charge in [0.15, 0.2) is 5.69 Å². The smallest absolute Gasteiger partial charge is 0.416 e. The summed E-state index contributed by atoms with van der Waals surface area (Å²) < 4.78 is 49.0. The highest BCUT2D eigenvalue weighted by Crippen LogP contribution is 2.32. The van der Waals surface area contributed by atoms with Crippen LogP contribution in [0, 0.1) is 6.92 Å². The number of amides is 1. The van der Waals surface area contributed by atoms with Crippen LogP contribution in [-0.4, -0.2) is 11.1 Å². The van der Waals surface area contributed by atoms with Crippen LogP contribution < -0.4 is 10.1 Å². The molecule has 10 heteroatoms. The van der Waals surface area contributed by atoms with Crippen molar-refractivity contribution in [1.29, 1.82) is 0 Å². The molecule has 0 bridgehead atoms. The fourth-order valence-electron chi connectivity index (χ4n) is 2.44. The van der Waals surface area contributed by atoms with Crippen LogP contribution in [0.1, 0.15) is 27.4 Å². The molecule has 3 rings (SSSR count). The summed E-state index contributed by atoms with van der Waals surface area (Å²) in [6, 6.07) is 9.14. The molecule has 2 aromatic carbocycles. The molecule has 0 radical (unpaired) electrons. The second kappa shape index (κ2) is 8.34. The largest absolute Gasteiger partial charge is 0.489 e. The first kappa shape index (κ1) is 21.0. The van der Waals surface area contributed by atoms with Crippen molar-refractivity contribution in [2.45, 2.75) is 19.7 Å². The van der Waals surface area contributed by atoms with E-state index in [-0.39, 0.29) is 39.3 Å². The number of rotatable bonds is 5. The summed E-state index contributed by atoms with van der Waals surface area (Å²) in [6.45, 7) is 1.34. The zero-order valence-corrected chi connectivity index (χ0v) is 16.3. The lowest BCUT2D eigenvalue weighted by Gasteiger charge is -2.11. The molecular formula is C19H13Cl2F3N2O3. The number of nitrogens with zero attached hydrogens (tertiary/aromatic N) is 1. The molecular weight excluding hydrogens is 432 g/mol. The third-order valence-electron chi connectivity index (χ3n) is 3.94. The summed E-state index contributed by atoms with van der Waals surface area (Å²) >= 11 is 12.0. The fraction of sp³-hybridized carbons (Fsp3) is 0.158. The Morgan fingerprint density at radius 3 is 2.66 bits per heavy atom. The minimum Gasteiger partial charge on any atom is -0.489 e. The van der Waals surface area contributed by atoms with E-state index in [2.05, 4.69) is 10.5 Å². The van der Waals surface area contributed by atoms with Crippen molar-refractivity contribution in [2.24, 2.45) is 0 Å². The van der Waals surface area contributed by atoms with Crippen LogP contribution in [0.3, 0.4) is 0 Å². The van der Waals surface area contributed by atoms with Gasteiger partial charge < -0.3 is 14.6 Å². The van der Waals surface area contributed by atoms with E-state index in [1.165, 1.54) is 12.1 Å². The number of hydrogen-bond donors (Lipinski definition) is 1. The molecule has 0 aliphatic carbocycles. The second-order valence-electron chi connectivity index (χ2n) is 5.94. The molecule has 0 saturated heterocycles. The Kier molecular flexibility index (Phi) is 6.04. The molecule has 3 aromatic rings. The normalized spacial score (nSPS) is 11.4. The molecule has 1 amide bonds. The maximum Gasteiger partial charge on any atom is 0.416 e. The Bertz CT molecular complexity index is 1050. The maximum absolute atomic E-state index is 12.8. The topological polar surface area (TPSA) is 64.4 Å². The zero-order chi connectivity index (χ0) is 21.2. The molecule has 0 aliphatic rings. The molecule has 0 fully saturated rings. The highest BCUT2D eigenvalue weighted by Gasteiger charge is 2.30. The van der Waals surface area contributed by atoms with Crippen LogP contribution in [0.2, 0.25) is 10.0 Å². The lowest BCUT2D eigenvalue weighted by Crippen LogP contribution is -2.15. The van der Waals surface area contributed by atoms with Crippen molar-refractivity contribution in [2.75, 3.05) is 5.32 Å². The van der Waals surface area contributed by atoms with Gasteiger partial charge >= 0.3 is 6.18 Å². The van der Waals surface area contributed by atoms with Crippen LogP contribution in [0.25, 0.3) is 0 Å². The monoisotopic (exact) mass is 444 g/mol. The highest BCUT2D eigenvalue weighted by molar-refractivity contribution is 6.44. The summed E-state index contributed by atoms with van der Waals surface area (Å²) in [7, 11) is 0. The molecule has 5 nitrogen and oxygen atoms in total. The molecule has 0 unspecified atom stereocenters. The predicted octanol–water partition coefficient (Wildman–Crippen LogP) is 6.14. The van der Waals surface area contributed by atoms with Gasteiger partial charge in [-0.3, -0.25) is 4.79 Å². The molecule has 0 atom stereocenters. The number of benzene rings is 2. The molecule has 1 aromatic heterocycles. The van der Waals surface area contributed by atoms with Gasteiger partial charge in [0.1, 0.15) is 18.1 Å². The average Bonchev–Trinajstić information content (AvgIpc) is 3.04. The van der Waals surface area contributed by atoms with E-state index in [0.717, 1.165) is 12.1 Å². The predicted molar refractivity (Wildman–Crippen MR) is 101 cm³/mol. The standard InChI is InChI=1S/C19H13Cl2F3N2O3/c1-10-13(9-28-12-5-2-4-11(8-12)19(22,23)24)17(26-29-10)18(27)25-15-7-3-6-14(20)16(15)21/h2-8H,9H2,1H3,(H,25,27). The van der Waals surface area contributed by atoms with Crippen LogP contribution in [-0.2, 0) is 12.8 Å². The fourth-order valence-corrected chi connectivity index (χ4v) is 2.79. The first-order valence-corrected chi connectivity index (χ1v) is 8.93. The molecule has 0 aliphatic heterocycles. The van der Waals surface area contributed by atoms with Crippen molar-refractivity contribution in [1.82, 2.24) is 5.16 Å². The number of carbonyl (C=O) groups excluding carboxylic acids is 1. The minimum atomic E-state index is -4.49. The van der Waals surface area contributed by atoms with Gasteiger partial charge in [-0.1, -0.05) is 40.5 Å². The minimum absolute atomic E-state index is 0.00957. The van der Waals surface area contributed by atoms with Crippen molar-refractivity contribution >= 4 is 34.8 Å². The average molecular weight is 445 g/mol. The lowest BCUT2D eigenvalue weighted by atomic mass is 10.2. The van der Waals surface area contributed by atoms with E-state index in [1.807, 2.05) is 0 Å². The number of anilines is 1. The number of carbonyl (C=O) groups is 1. The van der Waals surface area contributed by atoms with Gasteiger partial charge in [0, 0.05) is 0 Å². The summed E-state index contributed by atoms with van der Waals surface area (Å²) in [4.78, 5) is 12.6. The summed E-state index contributed by atoms with van der Waals surface area (Å²) in [5.41, 5.74) is -0.358. The van der Waals surface area contributed by atoms with Crippen LogP contribution in [0.15, 0.2) is 47.0 Å². The number of ether oxygens (including phenoxy) is 1. The molecule has 0 saturated carbocycles. The number of hydrogen-bond acceptors (Lipinski definition) is 4. The van der Waals surface area contributed by atoms with E-state index < -0.39 is 17.6 Å². The third kappa shape index (κ3) is 4.83. The van der Waals surface area contributed by atoms with E-state index in [0.29, 0.717) is 5.76 Å². The van der Waals surface area contributed by atoms with Crippen molar-refractivity contribution in [3.8, 4) is 5.75 Å². The van der Waals surface area contributed by atoms with Gasteiger partial charge in [0.05, 0.1) is 26.9 Å². The van der Waals surface area contributed by atoms with Gasteiger partial charge in [-0.25, -0.2) is 0 Å². The van der Waals surface area contributed by atoms with Crippen LogP contribution >= 0.6 is 23.2 Å². The van der Waals surface area contributed by atoms with Gasteiger partial charge in [0.25, 0.3) is 5.91 Å². The number of aryl methyl sites for hydroxylation is 1. The molecule has 1 N–H and O–H groups in total. The van der Waals surface area contributed by atoms with Crippen molar-refractivity contribution < 1.29 is 27.2 Å². The maximum atomic E-state index is 12.8. The number of alkyl halides is 3. The van der Waals surface area contributed by atoms with Gasteiger partial charge in [0.2, 0.25) is 0 Å². The first-order chi connectivity index (χ1) is 13.7. The molecule has 0 spiro atoms. The van der Waals surface area contributed by atoms with Crippen LogP contribution in [0.5, 0.6) is 5.75 Å². The summed E-state index contributed by atoms with van der Waals surface area (Å²) in [5.74, 6) is -0.349. The summed E-state index contributed by atoms with van der Waals surface area (Å²) in [5, 5.41) is 6.69. The highest BCUT2D eigenvalue weighted by atomic mass is 35.5. The number of halogens is 5. The quantitative estimate of drug-likeness (QED) is 0.513. The van der Waals surface area contributed by atoms with Crippen molar-refractivity contribution in [3.63, 3.8) is 0 Å². The Hall–Kier alpha value is -2.71. The SMILES string of the molecule is Cc1onc(C(=O)Nc2cccc(Cl)c2Cl)c1COc1cccc(C(F)(F)F)c1. The Morgan fingerprint density at radius 1 is 1.21 bits per heavy atom. The Labute approximate surface area is 173 Å².